The second kappa shape index (κ2) is 19.7. The first-order valence-corrected chi connectivity index (χ1v) is 24.5. The van der Waals surface area contributed by atoms with Crippen LogP contribution in [0.15, 0.2) is 0 Å². The zero-order valence-corrected chi connectivity index (χ0v) is 37.5. The highest BCUT2D eigenvalue weighted by Crippen LogP contribution is 2.36. The summed E-state index contributed by atoms with van der Waals surface area (Å²) in [6.07, 6.45) is 0.660. The SMILES string of the molecule is CC[Si](CC)(CC)O[C@@H](CC=O)[C@@H]1COC(C)(C)N1C(=O)OC(C)(C)C.CC[Si](CC)(CC)O[C@H](CC=O)[C@@H]1COC(C)(C)N1C(=O)OC(C)(C)C. The van der Waals surface area contributed by atoms with Gasteiger partial charge in [0.25, 0.3) is 0 Å². The summed E-state index contributed by atoms with van der Waals surface area (Å²) < 4.78 is 36.2. The first-order chi connectivity index (χ1) is 23.9. The quantitative estimate of drug-likeness (QED) is 0.111. The smallest absolute Gasteiger partial charge is 0.412 e. The molecule has 0 aromatic heterocycles. The van der Waals surface area contributed by atoms with Gasteiger partial charge >= 0.3 is 12.2 Å². The molecule has 0 N–H and O–H groups in total. The molecule has 304 valence electrons. The van der Waals surface area contributed by atoms with Gasteiger partial charge in [-0.15, -0.1) is 0 Å². The summed E-state index contributed by atoms with van der Waals surface area (Å²) in [7, 11) is -3.87. The molecule has 0 bridgehead atoms. The van der Waals surface area contributed by atoms with Crippen molar-refractivity contribution in [1.82, 2.24) is 9.80 Å². The van der Waals surface area contributed by atoms with Crippen molar-refractivity contribution in [2.45, 2.75) is 207 Å². The zero-order valence-electron chi connectivity index (χ0n) is 35.5. The van der Waals surface area contributed by atoms with Gasteiger partial charge in [0.1, 0.15) is 35.2 Å². The van der Waals surface area contributed by atoms with E-state index in [0.29, 0.717) is 13.2 Å². The molecule has 2 amide bonds. The van der Waals surface area contributed by atoms with Gasteiger partial charge in [-0.2, -0.15) is 0 Å². The van der Waals surface area contributed by atoms with Gasteiger partial charge in [-0.25, -0.2) is 9.59 Å². The van der Waals surface area contributed by atoms with Crippen LogP contribution in [0, 0.1) is 0 Å². The molecule has 0 saturated carbocycles. The van der Waals surface area contributed by atoms with Gasteiger partial charge in [-0.3, -0.25) is 9.80 Å². The number of ether oxygens (including phenoxy) is 4. The lowest BCUT2D eigenvalue weighted by atomic mass is 10.1. The van der Waals surface area contributed by atoms with E-state index in [9.17, 15) is 19.2 Å². The maximum atomic E-state index is 12.9. The summed E-state index contributed by atoms with van der Waals surface area (Å²) >= 11 is 0. The van der Waals surface area contributed by atoms with Crippen molar-refractivity contribution in [3.8, 4) is 0 Å². The zero-order chi connectivity index (χ0) is 40.3. The number of nitrogens with zero attached hydrogens (tertiary/aromatic N) is 2. The van der Waals surface area contributed by atoms with Crippen molar-refractivity contribution >= 4 is 41.4 Å². The molecular formula is C38H74N2O10Si2. The number of rotatable bonds is 16. The Bertz CT molecular complexity index is 1040. The topological polar surface area (TPSA) is 130 Å². The predicted octanol–water partition coefficient (Wildman–Crippen LogP) is 8.68. The highest BCUT2D eigenvalue weighted by Gasteiger charge is 2.51. The highest BCUT2D eigenvalue weighted by atomic mass is 28.4. The molecule has 12 nitrogen and oxygen atoms in total. The molecule has 2 heterocycles. The van der Waals surface area contributed by atoms with Crippen molar-refractivity contribution in [3.63, 3.8) is 0 Å². The maximum absolute atomic E-state index is 12.9. The average Bonchev–Trinajstić information content (AvgIpc) is 3.54. The molecule has 0 spiro atoms. The lowest BCUT2D eigenvalue weighted by molar-refractivity contribution is -0.111. The minimum Gasteiger partial charge on any atom is -0.444 e. The summed E-state index contributed by atoms with van der Waals surface area (Å²) in [6.45, 7) is 32.0. The van der Waals surface area contributed by atoms with Crippen LogP contribution in [-0.4, -0.2) is 111 Å². The molecule has 2 rings (SSSR count). The third-order valence-electron chi connectivity index (χ3n) is 10.4. The molecule has 0 radical (unpaired) electrons. The molecule has 14 heteroatoms. The average molecular weight is 775 g/mol. The molecule has 0 aliphatic carbocycles. The molecule has 0 aromatic carbocycles. The van der Waals surface area contributed by atoms with Crippen LogP contribution < -0.4 is 0 Å². The van der Waals surface area contributed by atoms with Crippen LogP contribution in [0.3, 0.4) is 0 Å². The van der Waals surface area contributed by atoms with Crippen molar-refractivity contribution < 1.29 is 47.0 Å². The van der Waals surface area contributed by atoms with Gasteiger partial charge in [0, 0.05) is 12.8 Å². The lowest BCUT2D eigenvalue weighted by Gasteiger charge is -2.40. The molecule has 4 atom stereocenters. The van der Waals surface area contributed by atoms with Gasteiger partial charge in [0.05, 0.1) is 37.5 Å². The molecule has 2 aliphatic heterocycles. The molecule has 52 heavy (non-hydrogen) atoms. The predicted molar refractivity (Wildman–Crippen MR) is 209 cm³/mol. The van der Waals surface area contributed by atoms with E-state index in [1.807, 2.05) is 69.2 Å². The number of hydrogen-bond acceptors (Lipinski definition) is 10. The summed E-state index contributed by atoms with van der Waals surface area (Å²) in [4.78, 5) is 51.7. The Hall–Kier alpha value is -1.85. The Kier molecular flexibility index (Phi) is 18.2. The molecule has 0 unspecified atom stereocenters. The summed E-state index contributed by atoms with van der Waals surface area (Å²) in [5.41, 5.74) is -2.80. The lowest BCUT2D eigenvalue weighted by Crippen LogP contribution is -2.56. The van der Waals surface area contributed by atoms with Crippen LogP contribution in [0.5, 0.6) is 0 Å². The number of hydrogen-bond donors (Lipinski definition) is 0. The minimum absolute atomic E-state index is 0.248. The Balaban J connectivity index is 0.000000520. The molecular weight excluding hydrogens is 701 g/mol. The van der Waals surface area contributed by atoms with Crippen LogP contribution in [0.25, 0.3) is 0 Å². The van der Waals surface area contributed by atoms with Crippen molar-refractivity contribution in [2.24, 2.45) is 0 Å². The standard InChI is InChI=1S/2C19H37NO5Si/c2*1-9-26(10-2,11-3)25-16(12-13-21)15-14-23-19(7,8)20(15)17(22)24-18(4,5)6/h2*13,15-16H,9-12,14H2,1-8H3/t15-,16+;15-,16-/m00/s1. The number of carbonyl (C=O) groups is 4. The van der Waals surface area contributed by atoms with E-state index >= 15 is 0 Å². The van der Waals surface area contributed by atoms with Crippen molar-refractivity contribution in [1.29, 1.82) is 0 Å². The summed E-state index contributed by atoms with van der Waals surface area (Å²) in [6, 6.07) is 5.25. The normalized spacial score (nSPS) is 21.5. The number of amides is 2. The fraction of sp³-hybridized carbons (Fsp3) is 0.895. The van der Waals surface area contributed by atoms with E-state index in [2.05, 4.69) is 41.5 Å². The van der Waals surface area contributed by atoms with E-state index in [4.69, 9.17) is 27.8 Å². The van der Waals surface area contributed by atoms with Crippen molar-refractivity contribution in [3.05, 3.63) is 0 Å². The minimum atomic E-state index is -1.94. The largest absolute Gasteiger partial charge is 0.444 e. The van der Waals surface area contributed by atoms with Crippen LogP contribution in [0.1, 0.15) is 124 Å². The third-order valence-corrected chi connectivity index (χ3v) is 19.7. The fourth-order valence-electron chi connectivity index (χ4n) is 6.94. The Morgan fingerprint density at radius 3 is 1.12 bits per heavy atom. The molecule has 2 saturated heterocycles. The maximum Gasteiger partial charge on any atom is 0.412 e. The number of aldehydes is 2. The number of carbonyl (C=O) groups excluding carboxylic acids is 4. The van der Waals surface area contributed by atoms with Crippen LogP contribution in [-0.2, 0) is 37.4 Å². The molecule has 2 fully saturated rings. The Morgan fingerprint density at radius 2 is 0.904 bits per heavy atom. The fourth-order valence-corrected chi connectivity index (χ4v) is 12.7. The Morgan fingerprint density at radius 1 is 0.635 bits per heavy atom. The van der Waals surface area contributed by atoms with Gasteiger partial charge in [0.2, 0.25) is 0 Å². The van der Waals surface area contributed by atoms with E-state index < -0.39 is 51.5 Å². The van der Waals surface area contributed by atoms with Gasteiger partial charge in [-0.1, -0.05) is 41.5 Å². The second-order valence-electron chi connectivity index (χ2n) is 17.0. The summed E-state index contributed by atoms with van der Waals surface area (Å²) in [5.74, 6) is 0. The van der Waals surface area contributed by atoms with E-state index in [1.54, 1.807) is 9.80 Å². The monoisotopic (exact) mass is 774 g/mol. The van der Waals surface area contributed by atoms with E-state index in [1.165, 1.54) is 0 Å². The van der Waals surface area contributed by atoms with Gasteiger partial charge < -0.3 is 37.4 Å². The van der Waals surface area contributed by atoms with Gasteiger partial charge in [0.15, 0.2) is 16.6 Å². The van der Waals surface area contributed by atoms with Crippen LogP contribution in [0.2, 0.25) is 36.3 Å². The molecule has 2 aliphatic rings. The van der Waals surface area contributed by atoms with Crippen LogP contribution in [0.4, 0.5) is 9.59 Å². The van der Waals surface area contributed by atoms with Gasteiger partial charge in [-0.05, 0) is 106 Å². The molecule has 0 aromatic rings. The van der Waals surface area contributed by atoms with E-state index in [-0.39, 0.29) is 37.1 Å². The summed E-state index contributed by atoms with van der Waals surface area (Å²) in [5, 5.41) is 0. The van der Waals surface area contributed by atoms with Crippen LogP contribution >= 0.6 is 0 Å². The first kappa shape index (κ1) is 48.2. The van der Waals surface area contributed by atoms with E-state index in [0.717, 1.165) is 48.8 Å². The third kappa shape index (κ3) is 13.2. The Labute approximate surface area is 317 Å². The highest BCUT2D eigenvalue weighted by molar-refractivity contribution is 6.74. The first-order valence-electron chi connectivity index (χ1n) is 19.5. The van der Waals surface area contributed by atoms with Crippen molar-refractivity contribution in [2.75, 3.05) is 13.2 Å². The second-order valence-corrected chi connectivity index (χ2v) is 26.4.